The molecule has 0 bridgehead atoms. The van der Waals surface area contributed by atoms with Crippen LogP contribution >= 0.6 is 0 Å². The molecule has 0 aliphatic heterocycles. The number of rotatable bonds is 5. The molecule has 0 radical (unpaired) electrons. The summed E-state index contributed by atoms with van der Waals surface area (Å²) in [6, 6.07) is 0. The second-order valence-corrected chi connectivity index (χ2v) is 5.75. The van der Waals surface area contributed by atoms with Crippen LogP contribution < -0.4 is 5.32 Å². The minimum Gasteiger partial charge on any atom is -0.481 e. The molecule has 2 unspecified atom stereocenters. The summed E-state index contributed by atoms with van der Waals surface area (Å²) in [6.07, 6.45) is 3.65. The van der Waals surface area contributed by atoms with E-state index in [2.05, 4.69) is 19.2 Å². The predicted octanol–water partition coefficient (Wildman–Crippen LogP) is 2.04. The highest BCUT2D eigenvalue weighted by atomic mass is 16.4. The van der Waals surface area contributed by atoms with Crippen molar-refractivity contribution in [2.45, 2.75) is 46.5 Å². The zero-order chi connectivity index (χ0) is 13.1. The summed E-state index contributed by atoms with van der Waals surface area (Å²) in [6.45, 7) is 6.38. The Balaban J connectivity index is 2.33. The number of carbonyl (C=O) groups excluding carboxylic acids is 1. The van der Waals surface area contributed by atoms with Crippen LogP contribution in [0, 0.1) is 17.3 Å². The van der Waals surface area contributed by atoms with E-state index in [1.807, 2.05) is 0 Å². The Hall–Kier alpha value is -1.06. The molecule has 1 fully saturated rings. The summed E-state index contributed by atoms with van der Waals surface area (Å²) in [5.41, 5.74) is 0.0858. The number of carboxylic acids is 1. The molecule has 0 heterocycles. The summed E-state index contributed by atoms with van der Waals surface area (Å²) in [5, 5.41) is 11.6. The van der Waals surface area contributed by atoms with Gasteiger partial charge in [0.05, 0.1) is 5.92 Å². The lowest BCUT2D eigenvalue weighted by molar-refractivity contribution is -0.141. The van der Waals surface area contributed by atoms with E-state index in [1.165, 1.54) is 0 Å². The topological polar surface area (TPSA) is 66.4 Å². The van der Waals surface area contributed by atoms with E-state index in [4.69, 9.17) is 5.11 Å². The number of aliphatic carboxylic acids is 1. The summed E-state index contributed by atoms with van der Waals surface area (Å²) in [5.74, 6) is -1.03. The zero-order valence-electron chi connectivity index (χ0n) is 11.0. The molecule has 1 aliphatic carbocycles. The van der Waals surface area contributed by atoms with E-state index >= 15 is 0 Å². The van der Waals surface area contributed by atoms with Gasteiger partial charge in [0, 0.05) is 12.5 Å². The standard InChI is InChI=1S/C13H23NO3/c1-9(12(16)17)6-8-14-11(15)10-5-4-7-13(10,2)3/h9-10H,4-8H2,1-3H3,(H,14,15)(H,16,17). The van der Waals surface area contributed by atoms with Crippen LogP contribution in [0.5, 0.6) is 0 Å². The molecule has 0 spiro atoms. The molecule has 0 aromatic rings. The van der Waals surface area contributed by atoms with Gasteiger partial charge < -0.3 is 10.4 Å². The van der Waals surface area contributed by atoms with Gasteiger partial charge >= 0.3 is 5.97 Å². The molecule has 4 nitrogen and oxygen atoms in total. The fourth-order valence-electron chi connectivity index (χ4n) is 2.47. The van der Waals surface area contributed by atoms with Crippen LogP contribution in [0.15, 0.2) is 0 Å². The highest BCUT2D eigenvalue weighted by Gasteiger charge is 2.38. The smallest absolute Gasteiger partial charge is 0.306 e. The van der Waals surface area contributed by atoms with Crippen LogP contribution in [0.3, 0.4) is 0 Å². The molecule has 1 rings (SSSR count). The minimum absolute atomic E-state index is 0.0858. The average molecular weight is 241 g/mol. The van der Waals surface area contributed by atoms with Crippen LogP contribution in [-0.4, -0.2) is 23.5 Å². The molecular formula is C13H23NO3. The first-order valence-electron chi connectivity index (χ1n) is 6.35. The van der Waals surface area contributed by atoms with Crippen LogP contribution in [0.1, 0.15) is 46.5 Å². The summed E-state index contributed by atoms with van der Waals surface area (Å²) < 4.78 is 0. The number of nitrogens with one attached hydrogen (secondary N) is 1. The van der Waals surface area contributed by atoms with Gasteiger partial charge in [-0.3, -0.25) is 9.59 Å². The number of hydrogen-bond acceptors (Lipinski definition) is 2. The van der Waals surface area contributed by atoms with E-state index in [0.29, 0.717) is 13.0 Å². The SMILES string of the molecule is CC(CCNC(=O)C1CCCC1(C)C)C(=O)O. The normalized spacial score (nSPS) is 24.3. The lowest BCUT2D eigenvalue weighted by Gasteiger charge is -2.26. The Bertz CT molecular complexity index is 299. The fourth-order valence-corrected chi connectivity index (χ4v) is 2.47. The van der Waals surface area contributed by atoms with Gasteiger partial charge in [-0.1, -0.05) is 27.2 Å². The minimum atomic E-state index is -0.805. The van der Waals surface area contributed by atoms with Crippen molar-refractivity contribution >= 4 is 11.9 Å². The second-order valence-electron chi connectivity index (χ2n) is 5.75. The maximum Gasteiger partial charge on any atom is 0.306 e. The van der Waals surface area contributed by atoms with Crippen molar-refractivity contribution in [3.63, 3.8) is 0 Å². The third-order valence-electron chi connectivity index (χ3n) is 3.87. The largest absolute Gasteiger partial charge is 0.481 e. The first-order chi connectivity index (χ1) is 7.84. The maximum atomic E-state index is 12.0. The summed E-state index contributed by atoms with van der Waals surface area (Å²) in [4.78, 5) is 22.6. The highest BCUT2D eigenvalue weighted by molar-refractivity contribution is 5.79. The molecule has 2 N–H and O–H groups in total. The Morgan fingerprint density at radius 3 is 2.59 bits per heavy atom. The first kappa shape index (κ1) is 14.0. The molecule has 4 heteroatoms. The monoisotopic (exact) mass is 241 g/mol. The third-order valence-corrected chi connectivity index (χ3v) is 3.87. The second kappa shape index (κ2) is 5.52. The summed E-state index contributed by atoms with van der Waals surface area (Å²) in [7, 11) is 0. The molecule has 1 aliphatic rings. The fraction of sp³-hybridized carbons (Fsp3) is 0.846. The van der Waals surface area contributed by atoms with Gasteiger partial charge in [-0.05, 0) is 24.7 Å². The summed E-state index contributed by atoms with van der Waals surface area (Å²) >= 11 is 0. The molecule has 1 saturated carbocycles. The molecule has 0 aromatic carbocycles. The molecular weight excluding hydrogens is 218 g/mol. The molecule has 98 valence electrons. The van der Waals surface area contributed by atoms with E-state index < -0.39 is 11.9 Å². The van der Waals surface area contributed by atoms with Gasteiger partial charge in [-0.2, -0.15) is 0 Å². The van der Waals surface area contributed by atoms with Gasteiger partial charge in [0.15, 0.2) is 0 Å². The van der Waals surface area contributed by atoms with E-state index in [9.17, 15) is 9.59 Å². The maximum absolute atomic E-state index is 12.0. The van der Waals surface area contributed by atoms with Crippen molar-refractivity contribution in [2.24, 2.45) is 17.3 Å². The Morgan fingerprint density at radius 1 is 1.47 bits per heavy atom. The Morgan fingerprint density at radius 2 is 2.12 bits per heavy atom. The highest BCUT2D eigenvalue weighted by Crippen LogP contribution is 2.42. The first-order valence-corrected chi connectivity index (χ1v) is 6.35. The van der Waals surface area contributed by atoms with Crippen LogP contribution in [0.4, 0.5) is 0 Å². The molecule has 0 saturated heterocycles. The van der Waals surface area contributed by atoms with Crippen molar-refractivity contribution in [3.05, 3.63) is 0 Å². The van der Waals surface area contributed by atoms with E-state index in [1.54, 1.807) is 6.92 Å². The van der Waals surface area contributed by atoms with Gasteiger partial charge in [-0.15, -0.1) is 0 Å². The Kier molecular flexibility index (Phi) is 4.54. The van der Waals surface area contributed by atoms with Gasteiger partial charge in [0.2, 0.25) is 5.91 Å². The van der Waals surface area contributed by atoms with Crippen molar-refractivity contribution in [1.82, 2.24) is 5.32 Å². The van der Waals surface area contributed by atoms with Crippen molar-refractivity contribution < 1.29 is 14.7 Å². The van der Waals surface area contributed by atoms with Crippen LogP contribution in [-0.2, 0) is 9.59 Å². The molecule has 2 atom stereocenters. The van der Waals surface area contributed by atoms with E-state index in [0.717, 1.165) is 19.3 Å². The number of amides is 1. The van der Waals surface area contributed by atoms with Crippen LogP contribution in [0.2, 0.25) is 0 Å². The Labute approximate surface area is 103 Å². The average Bonchev–Trinajstić information content (AvgIpc) is 2.57. The van der Waals surface area contributed by atoms with E-state index in [-0.39, 0.29) is 17.2 Å². The van der Waals surface area contributed by atoms with Gasteiger partial charge in [0.1, 0.15) is 0 Å². The molecule has 0 aromatic heterocycles. The number of carboxylic acid groups (broad SMARTS) is 1. The molecule has 17 heavy (non-hydrogen) atoms. The quantitative estimate of drug-likeness (QED) is 0.774. The van der Waals surface area contributed by atoms with Gasteiger partial charge in [-0.25, -0.2) is 0 Å². The lowest BCUT2D eigenvalue weighted by Crippen LogP contribution is -2.37. The van der Waals surface area contributed by atoms with Crippen molar-refractivity contribution in [3.8, 4) is 0 Å². The zero-order valence-corrected chi connectivity index (χ0v) is 11.0. The lowest BCUT2D eigenvalue weighted by atomic mass is 9.81. The van der Waals surface area contributed by atoms with Crippen molar-refractivity contribution in [2.75, 3.05) is 6.54 Å². The van der Waals surface area contributed by atoms with Crippen molar-refractivity contribution in [1.29, 1.82) is 0 Å². The number of hydrogen-bond donors (Lipinski definition) is 2. The number of carbonyl (C=O) groups is 2. The van der Waals surface area contributed by atoms with Gasteiger partial charge in [0.25, 0.3) is 0 Å². The predicted molar refractivity (Wildman–Crippen MR) is 65.5 cm³/mol. The van der Waals surface area contributed by atoms with Crippen LogP contribution in [0.25, 0.3) is 0 Å². The molecule has 1 amide bonds. The third kappa shape index (κ3) is 3.72.